The first-order chi connectivity index (χ1) is 8.88. The lowest BCUT2D eigenvalue weighted by Gasteiger charge is -2.30. The maximum absolute atomic E-state index is 5.63. The van der Waals surface area contributed by atoms with Gasteiger partial charge in [0.2, 0.25) is 0 Å². The molecule has 2 heterocycles. The topological polar surface area (TPSA) is 42.1 Å². The molecule has 1 saturated heterocycles. The van der Waals surface area contributed by atoms with Crippen molar-refractivity contribution in [2.45, 2.75) is 51.1 Å². The second kappa shape index (κ2) is 5.27. The number of pyridine rings is 1. The highest BCUT2D eigenvalue weighted by Crippen LogP contribution is 2.37. The van der Waals surface area contributed by atoms with Crippen molar-refractivity contribution < 1.29 is 0 Å². The van der Waals surface area contributed by atoms with Crippen molar-refractivity contribution in [3.8, 4) is 0 Å². The summed E-state index contributed by atoms with van der Waals surface area (Å²) in [4.78, 5) is 7.14. The van der Waals surface area contributed by atoms with Gasteiger partial charge in [-0.3, -0.25) is 0 Å². The Morgan fingerprint density at radius 3 is 2.67 bits per heavy atom. The highest BCUT2D eigenvalue weighted by atomic mass is 15.2. The van der Waals surface area contributed by atoms with Crippen molar-refractivity contribution in [2.24, 2.45) is 11.7 Å². The van der Waals surface area contributed by atoms with Gasteiger partial charge in [-0.1, -0.05) is 18.9 Å². The van der Waals surface area contributed by atoms with E-state index in [0.29, 0.717) is 6.54 Å². The third-order valence-electron chi connectivity index (χ3n) is 4.58. The molecule has 2 aliphatic rings. The summed E-state index contributed by atoms with van der Waals surface area (Å²) in [5, 5.41) is 0. The summed E-state index contributed by atoms with van der Waals surface area (Å²) < 4.78 is 0. The molecule has 1 aromatic rings. The third kappa shape index (κ3) is 2.24. The third-order valence-corrected chi connectivity index (χ3v) is 4.58. The molecule has 98 valence electrons. The zero-order valence-corrected chi connectivity index (χ0v) is 11.0. The number of anilines is 1. The van der Waals surface area contributed by atoms with Gasteiger partial charge in [-0.15, -0.1) is 0 Å². The molecule has 0 amide bonds. The molecular weight excluding hydrogens is 222 g/mol. The van der Waals surface area contributed by atoms with Gasteiger partial charge in [0.25, 0.3) is 0 Å². The Hall–Kier alpha value is -1.09. The predicted octanol–water partition coefficient (Wildman–Crippen LogP) is 2.70. The fraction of sp³-hybridized carbons (Fsp3) is 0.667. The summed E-state index contributed by atoms with van der Waals surface area (Å²) in [5.74, 6) is 2.06. The van der Waals surface area contributed by atoms with Gasteiger partial charge in [0.1, 0.15) is 5.82 Å². The number of rotatable bonds is 3. The Morgan fingerprint density at radius 1 is 1.17 bits per heavy atom. The summed E-state index contributed by atoms with van der Waals surface area (Å²) in [6, 6.07) is 5.01. The van der Waals surface area contributed by atoms with Gasteiger partial charge in [0.15, 0.2) is 0 Å². The first-order valence-electron chi connectivity index (χ1n) is 7.30. The quantitative estimate of drug-likeness (QED) is 0.890. The number of hydrogen-bond acceptors (Lipinski definition) is 3. The Labute approximate surface area is 109 Å². The molecule has 3 rings (SSSR count). The fourth-order valence-corrected chi connectivity index (χ4v) is 3.62. The Bertz CT molecular complexity index is 381. The lowest BCUT2D eigenvalue weighted by Crippen LogP contribution is -2.35. The van der Waals surface area contributed by atoms with Crippen LogP contribution in [-0.2, 0) is 6.54 Å². The highest BCUT2D eigenvalue weighted by molar-refractivity contribution is 5.42. The molecule has 1 aromatic heterocycles. The molecule has 1 unspecified atom stereocenters. The number of hydrogen-bond donors (Lipinski definition) is 1. The minimum absolute atomic E-state index is 0.583. The Morgan fingerprint density at radius 2 is 2.00 bits per heavy atom. The van der Waals surface area contributed by atoms with Crippen LogP contribution in [0.4, 0.5) is 5.82 Å². The van der Waals surface area contributed by atoms with E-state index in [1.165, 1.54) is 45.1 Å². The predicted molar refractivity (Wildman–Crippen MR) is 74.5 cm³/mol. The smallest absolute Gasteiger partial charge is 0.128 e. The Balaban J connectivity index is 1.76. The zero-order chi connectivity index (χ0) is 12.4. The fourth-order valence-electron chi connectivity index (χ4n) is 3.62. The molecule has 2 fully saturated rings. The minimum Gasteiger partial charge on any atom is -0.353 e. The van der Waals surface area contributed by atoms with Crippen LogP contribution in [0.15, 0.2) is 18.3 Å². The van der Waals surface area contributed by atoms with Crippen LogP contribution in [0.25, 0.3) is 0 Å². The maximum atomic E-state index is 5.63. The molecule has 1 saturated carbocycles. The molecule has 3 heteroatoms. The summed E-state index contributed by atoms with van der Waals surface area (Å²) in [7, 11) is 0. The van der Waals surface area contributed by atoms with Crippen molar-refractivity contribution in [1.29, 1.82) is 0 Å². The van der Waals surface area contributed by atoms with Crippen LogP contribution in [0.5, 0.6) is 0 Å². The van der Waals surface area contributed by atoms with E-state index < -0.39 is 0 Å². The van der Waals surface area contributed by atoms with E-state index in [1.807, 2.05) is 6.20 Å². The number of aromatic nitrogens is 1. The van der Waals surface area contributed by atoms with Crippen molar-refractivity contribution >= 4 is 5.82 Å². The van der Waals surface area contributed by atoms with Gasteiger partial charge in [0, 0.05) is 25.3 Å². The van der Waals surface area contributed by atoms with Gasteiger partial charge >= 0.3 is 0 Å². The summed E-state index contributed by atoms with van der Waals surface area (Å²) in [6.07, 6.45) is 10.3. The number of nitrogens with two attached hydrogens (primary N) is 1. The van der Waals surface area contributed by atoms with E-state index >= 15 is 0 Å². The normalized spacial score (nSPS) is 24.9. The molecule has 0 bridgehead atoms. The summed E-state index contributed by atoms with van der Waals surface area (Å²) in [6.45, 7) is 1.76. The minimum atomic E-state index is 0.583. The van der Waals surface area contributed by atoms with E-state index in [-0.39, 0.29) is 0 Å². The van der Waals surface area contributed by atoms with Crippen LogP contribution < -0.4 is 10.6 Å². The van der Waals surface area contributed by atoms with Crippen LogP contribution in [0.3, 0.4) is 0 Å². The van der Waals surface area contributed by atoms with Crippen LogP contribution in [0, 0.1) is 5.92 Å². The first-order valence-corrected chi connectivity index (χ1v) is 7.30. The van der Waals surface area contributed by atoms with Gasteiger partial charge < -0.3 is 10.6 Å². The zero-order valence-electron chi connectivity index (χ0n) is 11.0. The van der Waals surface area contributed by atoms with Gasteiger partial charge in [0.05, 0.1) is 0 Å². The molecule has 1 atom stereocenters. The summed E-state index contributed by atoms with van der Waals surface area (Å²) >= 11 is 0. The second-order valence-corrected chi connectivity index (χ2v) is 5.68. The van der Waals surface area contributed by atoms with Crippen molar-refractivity contribution in [2.75, 3.05) is 11.4 Å². The van der Waals surface area contributed by atoms with Crippen LogP contribution in [0.2, 0.25) is 0 Å². The average molecular weight is 245 g/mol. The van der Waals surface area contributed by atoms with Crippen LogP contribution in [0.1, 0.15) is 44.1 Å². The lowest BCUT2D eigenvalue weighted by atomic mass is 9.96. The lowest BCUT2D eigenvalue weighted by molar-refractivity contribution is 0.429. The first kappa shape index (κ1) is 12.0. The SMILES string of the molecule is NCc1ccc(N2CCCC2C2CCCC2)nc1. The van der Waals surface area contributed by atoms with Crippen molar-refractivity contribution in [3.05, 3.63) is 23.9 Å². The van der Waals surface area contributed by atoms with Crippen LogP contribution in [-0.4, -0.2) is 17.6 Å². The maximum Gasteiger partial charge on any atom is 0.128 e. The molecule has 3 nitrogen and oxygen atoms in total. The average Bonchev–Trinajstić information content (AvgIpc) is 3.09. The van der Waals surface area contributed by atoms with E-state index in [4.69, 9.17) is 5.73 Å². The molecule has 1 aliphatic carbocycles. The van der Waals surface area contributed by atoms with Gasteiger partial charge in [-0.2, -0.15) is 0 Å². The van der Waals surface area contributed by atoms with Gasteiger partial charge in [-0.25, -0.2) is 4.98 Å². The second-order valence-electron chi connectivity index (χ2n) is 5.68. The van der Waals surface area contributed by atoms with E-state index in [2.05, 4.69) is 22.0 Å². The molecule has 18 heavy (non-hydrogen) atoms. The van der Waals surface area contributed by atoms with Crippen LogP contribution >= 0.6 is 0 Å². The van der Waals surface area contributed by atoms with Gasteiger partial charge in [-0.05, 0) is 43.2 Å². The highest BCUT2D eigenvalue weighted by Gasteiger charge is 2.33. The molecular formula is C15H23N3. The summed E-state index contributed by atoms with van der Waals surface area (Å²) in [5.41, 5.74) is 6.75. The van der Waals surface area contributed by atoms with E-state index in [9.17, 15) is 0 Å². The van der Waals surface area contributed by atoms with E-state index in [1.54, 1.807) is 0 Å². The number of nitrogens with zero attached hydrogens (tertiary/aromatic N) is 2. The molecule has 0 radical (unpaired) electrons. The molecule has 1 aliphatic heterocycles. The standard InChI is InChI=1S/C15H23N3/c16-10-12-7-8-15(17-11-12)18-9-3-6-14(18)13-4-1-2-5-13/h7-8,11,13-14H,1-6,9-10,16H2. The van der Waals surface area contributed by atoms with Crippen molar-refractivity contribution in [3.63, 3.8) is 0 Å². The monoisotopic (exact) mass is 245 g/mol. The van der Waals surface area contributed by atoms with Crippen molar-refractivity contribution in [1.82, 2.24) is 4.98 Å². The van der Waals surface area contributed by atoms with E-state index in [0.717, 1.165) is 23.3 Å². The molecule has 2 N–H and O–H groups in total. The Kier molecular flexibility index (Phi) is 3.50. The largest absolute Gasteiger partial charge is 0.353 e. The molecule has 0 spiro atoms. The molecule has 0 aromatic carbocycles.